The first-order valence-corrected chi connectivity index (χ1v) is 8.08. The van der Waals surface area contributed by atoms with Crippen molar-refractivity contribution < 1.29 is 4.79 Å². The van der Waals surface area contributed by atoms with Gasteiger partial charge in [0.25, 0.3) is 0 Å². The molecule has 0 spiro atoms. The van der Waals surface area contributed by atoms with Gasteiger partial charge in [-0.05, 0) is 18.1 Å². The number of alkyl halides is 1. The highest BCUT2D eigenvalue weighted by Gasteiger charge is 2.61. The standard InChI is InChI=1S/C16H19BrN2O/c1-12-4-2-3-5-13(12)15-8-18-6-7-19(9-15)11-16(17,10-18)14(15)20/h2-5H,6-11H2,1H3. The first kappa shape index (κ1) is 13.0. The Balaban J connectivity index is 1.92. The molecule has 4 bridgehead atoms. The Bertz CT molecular complexity index is 570. The van der Waals surface area contributed by atoms with Gasteiger partial charge in [0, 0.05) is 39.3 Å². The fourth-order valence-corrected chi connectivity index (χ4v) is 5.49. The van der Waals surface area contributed by atoms with Gasteiger partial charge in [0.05, 0.1) is 5.41 Å². The van der Waals surface area contributed by atoms with Crippen LogP contribution in [0.25, 0.3) is 0 Å². The van der Waals surface area contributed by atoms with Crippen molar-refractivity contribution in [2.45, 2.75) is 16.7 Å². The maximum Gasteiger partial charge on any atom is 0.165 e. The van der Waals surface area contributed by atoms with Gasteiger partial charge in [-0.25, -0.2) is 0 Å². The van der Waals surface area contributed by atoms with Crippen molar-refractivity contribution in [2.24, 2.45) is 0 Å². The summed E-state index contributed by atoms with van der Waals surface area (Å²) in [7, 11) is 0. The van der Waals surface area contributed by atoms with Gasteiger partial charge >= 0.3 is 0 Å². The molecule has 0 aliphatic carbocycles. The topological polar surface area (TPSA) is 23.6 Å². The number of halogens is 1. The van der Waals surface area contributed by atoms with Crippen LogP contribution in [-0.4, -0.2) is 59.2 Å². The number of carbonyl (C=O) groups is 1. The van der Waals surface area contributed by atoms with Gasteiger partial charge in [0.1, 0.15) is 4.32 Å². The van der Waals surface area contributed by atoms with E-state index in [-0.39, 0.29) is 9.74 Å². The average Bonchev–Trinajstić information content (AvgIpc) is 2.63. The highest BCUT2D eigenvalue weighted by molar-refractivity contribution is 9.10. The molecule has 4 saturated heterocycles. The van der Waals surface area contributed by atoms with E-state index in [1.54, 1.807) is 0 Å². The maximum absolute atomic E-state index is 13.2. The fraction of sp³-hybridized carbons (Fsp3) is 0.562. The molecule has 20 heavy (non-hydrogen) atoms. The zero-order chi connectivity index (χ0) is 14.0. The molecule has 2 atom stereocenters. The summed E-state index contributed by atoms with van der Waals surface area (Å²) in [5.74, 6) is 0.397. The number of piperidine rings is 2. The van der Waals surface area contributed by atoms with Gasteiger partial charge in [-0.15, -0.1) is 0 Å². The first-order valence-electron chi connectivity index (χ1n) is 7.28. The predicted octanol–water partition coefficient (Wildman–Crippen LogP) is 1.58. The quantitative estimate of drug-likeness (QED) is 0.728. The van der Waals surface area contributed by atoms with Crippen LogP contribution >= 0.6 is 15.9 Å². The van der Waals surface area contributed by atoms with Gasteiger partial charge in [-0.1, -0.05) is 40.2 Å². The van der Waals surface area contributed by atoms with E-state index in [1.165, 1.54) is 11.1 Å². The van der Waals surface area contributed by atoms with E-state index < -0.39 is 0 Å². The minimum absolute atomic E-state index is 0.345. The lowest BCUT2D eigenvalue weighted by Crippen LogP contribution is -2.70. The van der Waals surface area contributed by atoms with Crippen LogP contribution in [0.5, 0.6) is 0 Å². The second-order valence-corrected chi connectivity index (χ2v) is 8.13. The zero-order valence-electron chi connectivity index (χ0n) is 11.7. The van der Waals surface area contributed by atoms with Crippen LogP contribution in [0.3, 0.4) is 0 Å². The molecule has 4 fully saturated rings. The third-order valence-corrected chi connectivity index (χ3v) is 6.03. The van der Waals surface area contributed by atoms with E-state index in [0.29, 0.717) is 5.78 Å². The van der Waals surface area contributed by atoms with E-state index >= 15 is 0 Å². The first-order chi connectivity index (χ1) is 9.53. The van der Waals surface area contributed by atoms with E-state index in [1.807, 2.05) is 0 Å². The number of Topliss-reactive ketones (excluding diaryl/α,β-unsaturated/α-hetero) is 1. The average molecular weight is 335 g/mol. The van der Waals surface area contributed by atoms with Crippen molar-refractivity contribution in [1.29, 1.82) is 0 Å². The molecule has 1 aromatic rings. The molecule has 0 saturated carbocycles. The molecule has 4 heteroatoms. The maximum atomic E-state index is 13.2. The molecule has 3 nitrogen and oxygen atoms in total. The normalized spacial score (nSPS) is 42.8. The van der Waals surface area contributed by atoms with Crippen LogP contribution in [0.2, 0.25) is 0 Å². The summed E-state index contributed by atoms with van der Waals surface area (Å²) in [6.45, 7) is 7.75. The number of carbonyl (C=O) groups excluding carboxylic acids is 1. The Morgan fingerprint density at radius 2 is 1.65 bits per heavy atom. The van der Waals surface area contributed by atoms with Gasteiger partial charge in [-0.3, -0.25) is 14.6 Å². The predicted molar refractivity (Wildman–Crippen MR) is 82.4 cm³/mol. The highest BCUT2D eigenvalue weighted by atomic mass is 79.9. The van der Waals surface area contributed by atoms with Crippen LogP contribution in [0.4, 0.5) is 0 Å². The third-order valence-electron chi connectivity index (χ3n) is 5.17. The molecule has 2 unspecified atom stereocenters. The molecule has 4 aliphatic heterocycles. The van der Waals surface area contributed by atoms with Gasteiger partial charge in [0.15, 0.2) is 5.78 Å². The number of ketones is 1. The number of fused-ring (bicyclic) bond motifs is 1. The van der Waals surface area contributed by atoms with Crippen molar-refractivity contribution in [3.8, 4) is 0 Å². The van der Waals surface area contributed by atoms with Crippen LogP contribution in [-0.2, 0) is 10.2 Å². The van der Waals surface area contributed by atoms with E-state index in [9.17, 15) is 4.79 Å². The summed E-state index contributed by atoms with van der Waals surface area (Å²) in [5.41, 5.74) is 2.12. The van der Waals surface area contributed by atoms with E-state index in [4.69, 9.17) is 0 Å². The highest BCUT2D eigenvalue weighted by Crippen LogP contribution is 2.46. The van der Waals surface area contributed by atoms with Crippen LogP contribution in [0, 0.1) is 6.92 Å². The number of nitrogens with zero attached hydrogens (tertiary/aromatic N) is 2. The lowest BCUT2D eigenvalue weighted by atomic mass is 9.66. The van der Waals surface area contributed by atoms with E-state index in [2.05, 4.69) is 56.9 Å². The van der Waals surface area contributed by atoms with Crippen molar-refractivity contribution in [3.63, 3.8) is 0 Å². The second-order valence-electron chi connectivity index (χ2n) is 6.61. The SMILES string of the molecule is Cc1ccccc1C12CN3CCN(CC(Br)(C3)C1=O)C2. The minimum atomic E-state index is -0.373. The second kappa shape index (κ2) is 4.15. The minimum Gasteiger partial charge on any atom is -0.299 e. The molecule has 5 rings (SSSR count). The molecule has 0 amide bonds. The van der Waals surface area contributed by atoms with Crippen molar-refractivity contribution >= 4 is 21.7 Å². The smallest absolute Gasteiger partial charge is 0.165 e. The summed E-state index contributed by atoms with van der Waals surface area (Å²) < 4.78 is -0.373. The van der Waals surface area contributed by atoms with Gasteiger partial charge in [-0.2, -0.15) is 0 Å². The summed E-state index contributed by atoms with van der Waals surface area (Å²) in [5, 5.41) is 0. The molecule has 4 heterocycles. The molecule has 106 valence electrons. The Labute approximate surface area is 128 Å². The lowest BCUT2D eigenvalue weighted by molar-refractivity contribution is -0.134. The van der Waals surface area contributed by atoms with Crippen molar-refractivity contribution in [3.05, 3.63) is 35.4 Å². The van der Waals surface area contributed by atoms with Crippen molar-refractivity contribution in [2.75, 3.05) is 39.3 Å². The van der Waals surface area contributed by atoms with Gasteiger partial charge in [0.2, 0.25) is 0 Å². The van der Waals surface area contributed by atoms with Crippen molar-refractivity contribution in [1.82, 2.24) is 9.80 Å². The van der Waals surface area contributed by atoms with E-state index in [0.717, 1.165) is 39.3 Å². The lowest BCUT2D eigenvalue weighted by Gasteiger charge is -2.52. The van der Waals surface area contributed by atoms with Crippen LogP contribution in [0.1, 0.15) is 11.1 Å². The fourth-order valence-electron chi connectivity index (χ4n) is 4.40. The Hall–Kier alpha value is -0.710. The number of aryl methyl sites for hydroxylation is 1. The monoisotopic (exact) mass is 334 g/mol. The number of hydrogen-bond donors (Lipinski definition) is 0. The Kier molecular flexibility index (Phi) is 2.70. The molecule has 0 N–H and O–H groups in total. The molecule has 1 aromatic carbocycles. The molecule has 4 aliphatic rings. The van der Waals surface area contributed by atoms with Crippen LogP contribution in [0.15, 0.2) is 24.3 Å². The summed E-state index contributed by atoms with van der Waals surface area (Å²) in [6, 6.07) is 8.40. The number of hydrogen-bond acceptors (Lipinski definition) is 3. The summed E-state index contributed by atoms with van der Waals surface area (Å²) in [6.07, 6.45) is 0. The summed E-state index contributed by atoms with van der Waals surface area (Å²) in [4.78, 5) is 18.2. The number of benzene rings is 1. The van der Waals surface area contributed by atoms with Crippen LogP contribution < -0.4 is 0 Å². The summed E-state index contributed by atoms with van der Waals surface area (Å²) >= 11 is 3.80. The Morgan fingerprint density at radius 1 is 1.05 bits per heavy atom. The third kappa shape index (κ3) is 1.62. The largest absolute Gasteiger partial charge is 0.299 e. The molecule has 0 radical (unpaired) electrons. The molecular formula is C16H19BrN2O. The number of rotatable bonds is 1. The Morgan fingerprint density at radius 3 is 2.25 bits per heavy atom. The van der Waals surface area contributed by atoms with Gasteiger partial charge < -0.3 is 0 Å². The zero-order valence-corrected chi connectivity index (χ0v) is 13.3. The molecular weight excluding hydrogens is 316 g/mol. The molecule has 0 aromatic heterocycles.